The predicted molar refractivity (Wildman–Crippen MR) is 69.1 cm³/mol. The molecule has 1 heterocycles. The quantitative estimate of drug-likeness (QED) is 0.927. The third-order valence-electron chi connectivity index (χ3n) is 3.10. The van der Waals surface area contributed by atoms with Gasteiger partial charge in [-0.2, -0.15) is 0 Å². The third kappa shape index (κ3) is 2.44. The van der Waals surface area contributed by atoms with Gasteiger partial charge in [0.15, 0.2) is 0 Å². The highest BCUT2D eigenvalue weighted by molar-refractivity contribution is 9.11. The zero-order valence-corrected chi connectivity index (χ0v) is 11.5. The van der Waals surface area contributed by atoms with Crippen LogP contribution in [0.4, 0.5) is 0 Å². The Morgan fingerprint density at radius 2 is 2.13 bits per heavy atom. The van der Waals surface area contributed by atoms with Gasteiger partial charge < -0.3 is 10.6 Å². The maximum atomic E-state index is 5.87. The van der Waals surface area contributed by atoms with Gasteiger partial charge in [0.1, 0.15) is 0 Å². The summed E-state index contributed by atoms with van der Waals surface area (Å²) in [6.07, 6.45) is 2.33. The summed E-state index contributed by atoms with van der Waals surface area (Å²) in [6, 6.07) is 5.33. The van der Waals surface area contributed by atoms with Gasteiger partial charge in [-0.15, -0.1) is 11.3 Å². The van der Waals surface area contributed by atoms with Crippen molar-refractivity contribution in [2.24, 2.45) is 11.7 Å². The zero-order chi connectivity index (χ0) is 11.0. The lowest BCUT2D eigenvalue weighted by atomic mass is 9.75. The highest BCUT2D eigenvalue weighted by atomic mass is 79.9. The van der Waals surface area contributed by atoms with E-state index in [4.69, 9.17) is 5.73 Å². The molecule has 1 fully saturated rings. The molecule has 84 valence electrons. The Balaban J connectivity index is 2.13. The molecule has 1 aliphatic rings. The van der Waals surface area contributed by atoms with Crippen molar-refractivity contribution in [3.8, 4) is 0 Å². The van der Waals surface area contributed by atoms with Crippen molar-refractivity contribution in [2.75, 3.05) is 14.1 Å². The second-order valence-electron chi connectivity index (χ2n) is 4.54. The van der Waals surface area contributed by atoms with Crippen LogP contribution >= 0.6 is 27.3 Å². The molecule has 1 aromatic rings. The molecule has 0 aliphatic heterocycles. The molecular weight excluding hydrogens is 272 g/mol. The Hall–Kier alpha value is 0.1000. The molecule has 2 rings (SSSR count). The first-order valence-corrected chi connectivity index (χ1v) is 6.86. The average molecular weight is 289 g/mol. The molecule has 15 heavy (non-hydrogen) atoms. The van der Waals surface area contributed by atoms with Crippen molar-refractivity contribution in [1.29, 1.82) is 0 Å². The Morgan fingerprint density at radius 3 is 2.53 bits per heavy atom. The van der Waals surface area contributed by atoms with Crippen LogP contribution in [0.25, 0.3) is 0 Å². The van der Waals surface area contributed by atoms with E-state index >= 15 is 0 Å². The maximum Gasteiger partial charge on any atom is 0.0701 e. The number of hydrogen-bond acceptors (Lipinski definition) is 3. The Morgan fingerprint density at radius 1 is 1.47 bits per heavy atom. The van der Waals surface area contributed by atoms with Crippen LogP contribution in [0.15, 0.2) is 15.9 Å². The van der Waals surface area contributed by atoms with Crippen LogP contribution in [0.2, 0.25) is 0 Å². The second-order valence-corrected chi connectivity index (χ2v) is 7.04. The lowest BCUT2D eigenvalue weighted by Gasteiger charge is -2.41. The van der Waals surface area contributed by atoms with E-state index in [1.165, 1.54) is 21.5 Å². The van der Waals surface area contributed by atoms with Crippen LogP contribution in [0, 0.1) is 5.92 Å². The molecule has 4 heteroatoms. The van der Waals surface area contributed by atoms with Crippen molar-refractivity contribution in [1.82, 2.24) is 4.90 Å². The zero-order valence-electron chi connectivity index (χ0n) is 9.11. The van der Waals surface area contributed by atoms with Gasteiger partial charge in [0.05, 0.1) is 3.79 Å². The fourth-order valence-corrected chi connectivity index (χ4v) is 4.08. The van der Waals surface area contributed by atoms with Gasteiger partial charge in [0.25, 0.3) is 0 Å². The summed E-state index contributed by atoms with van der Waals surface area (Å²) in [5, 5.41) is 0. The molecule has 2 nitrogen and oxygen atoms in total. The minimum absolute atomic E-state index is 0.431. The van der Waals surface area contributed by atoms with Crippen molar-refractivity contribution >= 4 is 27.3 Å². The summed E-state index contributed by atoms with van der Waals surface area (Å²) >= 11 is 5.36. The Labute approximate surface area is 104 Å². The first-order valence-electron chi connectivity index (χ1n) is 5.25. The number of hydrogen-bond donors (Lipinski definition) is 1. The minimum atomic E-state index is 0.431. The number of thiophene rings is 1. The molecule has 1 unspecified atom stereocenters. The second kappa shape index (κ2) is 4.53. The van der Waals surface area contributed by atoms with Crippen LogP contribution in [0.3, 0.4) is 0 Å². The average Bonchev–Trinajstić information content (AvgIpc) is 2.49. The van der Waals surface area contributed by atoms with E-state index < -0.39 is 0 Å². The largest absolute Gasteiger partial charge is 0.328 e. The Bertz CT molecular complexity index is 331. The van der Waals surface area contributed by atoms with E-state index in [9.17, 15) is 0 Å². The molecule has 0 spiro atoms. The first kappa shape index (κ1) is 11.6. The standard InChI is InChI=1S/C11H17BrN2S/c1-14(2)11(7-5-8(13)6-7)9-3-4-10(12)15-9/h3-4,7-8,11H,5-6,13H2,1-2H3. The molecule has 2 N–H and O–H groups in total. The van der Waals surface area contributed by atoms with Crippen molar-refractivity contribution in [3.63, 3.8) is 0 Å². The molecule has 0 saturated heterocycles. The molecule has 1 atom stereocenters. The fourth-order valence-electron chi connectivity index (χ4n) is 2.36. The molecule has 0 radical (unpaired) electrons. The van der Waals surface area contributed by atoms with E-state index in [0.29, 0.717) is 12.1 Å². The summed E-state index contributed by atoms with van der Waals surface area (Å²) in [6.45, 7) is 0. The summed E-state index contributed by atoms with van der Waals surface area (Å²) < 4.78 is 1.22. The highest BCUT2D eigenvalue weighted by Gasteiger charge is 2.35. The maximum absolute atomic E-state index is 5.87. The van der Waals surface area contributed by atoms with Crippen LogP contribution in [-0.2, 0) is 0 Å². The third-order valence-corrected chi connectivity index (χ3v) is 4.79. The molecule has 1 aromatic heterocycles. The van der Waals surface area contributed by atoms with Gasteiger partial charge in [-0.1, -0.05) is 0 Å². The number of halogens is 1. The van der Waals surface area contributed by atoms with E-state index in [0.717, 1.165) is 5.92 Å². The van der Waals surface area contributed by atoms with E-state index in [2.05, 4.69) is 47.1 Å². The van der Waals surface area contributed by atoms with Crippen molar-refractivity contribution in [3.05, 3.63) is 20.8 Å². The Kier molecular flexibility index (Phi) is 3.50. The van der Waals surface area contributed by atoms with Gasteiger partial charge >= 0.3 is 0 Å². The molecular formula is C11H17BrN2S. The van der Waals surface area contributed by atoms with Gasteiger partial charge in [0, 0.05) is 17.0 Å². The lowest BCUT2D eigenvalue weighted by Crippen LogP contribution is -2.42. The first-order chi connectivity index (χ1) is 7.08. The number of rotatable bonds is 3. The van der Waals surface area contributed by atoms with Crippen LogP contribution in [-0.4, -0.2) is 25.0 Å². The highest BCUT2D eigenvalue weighted by Crippen LogP contribution is 2.42. The van der Waals surface area contributed by atoms with Crippen molar-refractivity contribution in [2.45, 2.75) is 24.9 Å². The number of nitrogens with zero attached hydrogens (tertiary/aromatic N) is 1. The van der Waals surface area contributed by atoms with Gasteiger partial charge in [-0.3, -0.25) is 0 Å². The summed E-state index contributed by atoms with van der Waals surface area (Å²) in [5.41, 5.74) is 5.87. The fraction of sp³-hybridized carbons (Fsp3) is 0.636. The minimum Gasteiger partial charge on any atom is -0.328 e. The SMILES string of the molecule is CN(C)C(c1ccc(Br)s1)C1CC(N)C1. The van der Waals surface area contributed by atoms with E-state index in [1.54, 1.807) is 0 Å². The van der Waals surface area contributed by atoms with Gasteiger partial charge in [-0.25, -0.2) is 0 Å². The van der Waals surface area contributed by atoms with Gasteiger partial charge in [0.2, 0.25) is 0 Å². The summed E-state index contributed by atoms with van der Waals surface area (Å²) in [4.78, 5) is 3.76. The predicted octanol–water partition coefficient (Wildman–Crippen LogP) is 2.85. The van der Waals surface area contributed by atoms with E-state index in [-0.39, 0.29) is 0 Å². The lowest BCUT2D eigenvalue weighted by molar-refractivity contribution is 0.126. The monoisotopic (exact) mass is 288 g/mol. The van der Waals surface area contributed by atoms with Crippen LogP contribution < -0.4 is 5.73 Å². The van der Waals surface area contributed by atoms with Crippen LogP contribution in [0.5, 0.6) is 0 Å². The van der Waals surface area contributed by atoms with Crippen molar-refractivity contribution < 1.29 is 0 Å². The molecule has 1 aliphatic carbocycles. The van der Waals surface area contributed by atoms with Gasteiger partial charge in [-0.05, 0) is 60.9 Å². The molecule has 0 amide bonds. The van der Waals surface area contributed by atoms with Crippen LogP contribution in [0.1, 0.15) is 23.8 Å². The molecule has 0 aromatic carbocycles. The van der Waals surface area contributed by atoms with E-state index in [1.807, 2.05) is 11.3 Å². The summed E-state index contributed by atoms with van der Waals surface area (Å²) in [5.74, 6) is 0.737. The normalized spacial score (nSPS) is 27.8. The number of nitrogens with two attached hydrogens (primary N) is 1. The summed E-state index contributed by atoms with van der Waals surface area (Å²) in [7, 11) is 4.31. The topological polar surface area (TPSA) is 29.3 Å². The molecule has 0 bridgehead atoms. The molecule has 1 saturated carbocycles. The smallest absolute Gasteiger partial charge is 0.0701 e.